The van der Waals surface area contributed by atoms with Gasteiger partial charge in [0.05, 0.1) is 5.52 Å². The second-order valence-electron chi connectivity index (χ2n) is 4.52. The maximum Gasteiger partial charge on any atom is 0.0780 e. The predicted octanol–water partition coefficient (Wildman–Crippen LogP) is 5.07. The quantitative estimate of drug-likeness (QED) is 0.400. The lowest BCUT2D eigenvalue weighted by molar-refractivity contribution is 1.43. The molecular weight excluding hydrogens is 242 g/mol. The van der Waals surface area contributed by atoms with Crippen LogP contribution in [0.4, 0.5) is 0 Å². The number of hydrogen-bond donors (Lipinski definition) is 0. The standard InChI is InChI=1S/C13H9N.C6H6/c1-2-6-12-10(4-1)7-8-11-5-3-9-14-13(11)12;1-2-4-6-5-3-1/h1-9H;1-6H. The van der Waals surface area contributed by atoms with Crippen LogP contribution in [0.1, 0.15) is 0 Å². The van der Waals surface area contributed by atoms with Crippen LogP contribution in [0, 0.1) is 0 Å². The minimum absolute atomic E-state index is 1.09. The third-order valence-electron chi connectivity index (χ3n) is 3.16. The van der Waals surface area contributed by atoms with Crippen molar-refractivity contribution in [2.75, 3.05) is 0 Å². The van der Waals surface area contributed by atoms with E-state index in [9.17, 15) is 0 Å². The van der Waals surface area contributed by atoms with Crippen LogP contribution >= 0.6 is 0 Å². The molecule has 0 aliphatic rings. The van der Waals surface area contributed by atoms with Gasteiger partial charge in [-0.25, -0.2) is 0 Å². The Hall–Kier alpha value is -2.67. The van der Waals surface area contributed by atoms with Crippen LogP contribution in [0.2, 0.25) is 0 Å². The Kier molecular flexibility index (Phi) is 3.70. The first-order valence-electron chi connectivity index (χ1n) is 6.68. The third-order valence-corrected chi connectivity index (χ3v) is 3.16. The van der Waals surface area contributed by atoms with E-state index < -0.39 is 0 Å². The van der Waals surface area contributed by atoms with Gasteiger partial charge in [0.2, 0.25) is 0 Å². The smallest absolute Gasteiger partial charge is 0.0780 e. The van der Waals surface area contributed by atoms with Crippen LogP contribution in [0.15, 0.2) is 91.1 Å². The van der Waals surface area contributed by atoms with Crippen LogP contribution in [0.3, 0.4) is 0 Å². The van der Waals surface area contributed by atoms with E-state index in [0.29, 0.717) is 0 Å². The molecule has 1 aromatic heterocycles. The summed E-state index contributed by atoms with van der Waals surface area (Å²) in [5, 5.41) is 3.68. The summed E-state index contributed by atoms with van der Waals surface area (Å²) in [7, 11) is 0. The highest BCUT2D eigenvalue weighted by Crippen LogP contribution is 2.22. The van der Waals surface area contributed by atoms with Crippen LogP contribution in [-0.2, 0) is 0 Å². The maximum atomic E-state index is 4.41. The van der Waals surface area contributed by atoms with E-state index >= 15 is 0 Å². The Balaban J connectivity index is 0.000000170. The van der Waals surface area contributed by atoms with Crippen molar-refractivity contribution in [3.63, 3.8) is 0 Å². The van der Waals surface area contributed by atoms with Crippen LogP contribution in [-0.4, -0.2) is 4.98 Å². The van der Waals surface area contributed by atoms with Crippen molar-refractivity contribution < 1.29 is 0 Å². The maximum absolute atomic E-state index is 4.41. The van der Waals surface area contributed by atoms with Crippen LogP contribution in [0.25, 0.3) is 21.7 Å². The van der Waals surface area contributed by atoms with Gasteiger partial charge < -0.3 is 0 Å². The number of pyridine rings is 1. The summed E-state index contributed by atoms with van der Waals surface area (Å²) in [6.07, 6.45) is 1.84. The van der Waals surface area contributed by atoms with Gasteiger partial charge in [0, 0.05) is 17.0 Å². The van der Waals surface area contributed by atoms with E-state index in [4.69, 9.17) is 0 Å². The second kappa shape index (κ2) is 5.98. The van der Waals surface area contributed by atoms with E-state index in [2.05, 4.69) is 47.4 Å². The first-order valence-corrected chi connectivity index (χ1v) is 6.68. The fraction of sp³-hybridized carbons (Fsp3) is 0. The SMILES string of the molecule is c1ccc2c(c1)ccc1cccnc12.c1ccccc1. The molecule has 0 radical (unpaired) electrons. The van der Waals surface area contributed by atoms with Crippen molar-refractivity contribution in [3.8, 4) is 0 Å². The molecule has 4 aromatic rings. The molecular formula is C19H15N. The number of benzene rings is 3. The number of aromatic nitrogens is 1. The average Bonchev–Trinajstić information content (AvgIpc) is 2.57. The normalized spacial score (nSPS) is 10.0. The van der Waals surface area contributed by atoms with E-state index in [1.807, 2.05) is 48.7 Å². The first-order chi connectivity index (χ1) is 9.95. The molecule has 0 saturated carbocycles. The van der Waals surface area contributed by atoms with Gasteiger partial charge in [-0.05, 0) is 11.5 Å². The van der Waals surface area contributed by atoms with Crippen molar-refractivity contribution in [2.45, 2.75) is 0 Å². The Labute approximate surface area is 118 Å². The van der Waals surface area contributed by atoms with E-state index in [1.54, 1.807) is 0 Å². The highest BCUT2D eigenvalue weighted by molar-refractivity contribution is 6.04. The van der Waals surface area contributed by atoms with Gasteiger partial charge in [0.25, 0.3) is 0 Å². The largest absolute Gasteiger partial charge is 0.256 e. The van der Waals surface area contributed by atoms with Crippen molar-refractivity contribution in [1.29, 1.82) is 0 Å². The lowest BCUT2D eigenvalue weighted by atomic mass is 10.1. The summed E-state index contributed by atoms with van der Waals surface area (Å²) in [5.41, 5.74) is 1.09. The predicted molar refractivity (Wildman–Crippen MR) is 85.7 cm³/mol. The van der Waals surface area contributed by atoms with E-state index in [-0.39, 0.29) is 0 Å². The summed E-state index contributed by atoms with van der Waals surface area (Å²) < 4.78 is 0. The number of nitrogens with zero attached hydrogens (tertiary/aromatic N) is 1. The van der Waals surface area contributed by atoms with Crippen LogP contribution in [0.5, 0.6) is 0 Å². The molecule has 1 heterocycles. The summed E-state index contributed by atoms with van der Waals surface area (Å²) in [5.74, 6) is 0. The lowest BCUT2D eigenvalue weighted by Gasteiger charge is -2.01. The second-order valence-corrected chi connectivity index (χ2v) is 4.52. The molecule has 1 heteroatoms. The molecule has 20 heavy (non-hydrogen) atoms. The van der Waals surface area contributed by atoms with Gasteiger partial charge in [-0.3, -0.25) is 4.98 Å². The van der Waals surface area contributed by atoms with Gasteiger partial charge in [-0.1, -0.05) is 78.9 Å². The third kappa shape index (κ3) is 2.67. The fourth-order valence-electron chi connectivity index (χ4n) is 2.20. The lowest BCUT2D eigenvalue weighted by Crippen LogP contribution is -1.79. The number of hydrogen-bond acceptors (Lipinski definition) is 1. The summed E-state index contributed by atoms with van der Waals surface area (Å²) in [4.78, 5) is 4.41. The summed E-state index contributed by atoms with van der Waals surface area (Å²) in [6, 6.07) is 28.7. The summed E-state index contributed by atoms with van der Waals surface area (Å²) in [6.45, 7) is 0. The minimum atomic E-state index is 1.09. The van der Waals surface area contributed by atoms with E-state index in [1.165, 1.54) is 16.2 Å². The molecule has 96 valence electrons. The zero-order valence-electron chi connectivity index (χ0n) is 11.1. The van der Waals surface area contributed by atoms with Gasteiger partial charge in [0.1, 0.15) is 0 Å². The van der Waals surface area contributed by atoms with Crippen molar-refractivity contribution >= 4 is 21.7 Å². The van der Waals surface area contributed by atoms with Crippen LogP contribution < -0.4 is 0 Å². The molecule has 0 amide bonds. The molecule has 0 fully saturated rings. The first kappa shape index (κ1) is 12.4. The molecule has 0 aliphatic carbocycles. The van der Waals surface area contributed by atoms with Gasteiger partial charge in [0.15, 0.2) is 0 Å². The average molecular weight is 257 g/mol. The minimum Gasteiger partial charge on any atom is -0.256 e. The zero-order chi connectivity index (χ0) is 13.6. The molecule has 3 aromatic carbocycles. The molecule has 0 N–H and O–H groups in total. The Bertz CT molecular complexity index is 725. The highest BCUT2D eigenvalue weighted by atomic mass is 14.6. The van der Waals surface area contributed by atoms with Gasteiger partial charge in [-0.2, -0.15) is 0 Å². The molecule has 0 atom stereocenters. The van der Waals surface area contributed by atoms with Gasteiger partial charge in [-0.15, -0.1) is 0 Å². The Morgan fingerprint density at radius 3 is 1.85 bits per heavy atom. The zero-order valence-corrected chi connectivity index (χ0v) is 11.1. The highest BCUT2D eigenvalue weighted by Gasteiger charge is 1.98. The molecule has 0 saturated heterocycles. The van der Waals surface area contributed by atoms with Gasteiger partial charge >= 0.3 is 0 Å². The topological polar surface area (TPSA) is 12.9 Å². The summed E-state index contributed by atoms with van der Waals surface area (Å²) >= 11 is 0. The Morgan fingerprint density at radius 1 is 0.500 bits per heavy atom. The molecule has 1 nitrogen and oxygen atoms in total. The molecule has 0 aliphatic heterocycles. The van der Waals surface area contributed by atoms with Crippen molar-refractivity contribution in [1.82, 2.24) is 4.98 Å². The van der Waals surface area contributed by atoms with Crippen molar-refractivity contribution in [3.05, 3.63) is 91.1 Å². The van der Waals surface area contributed by atoms with Crippen molar-refractivity contribution in [2.24, 2.45) is 0 Å². The Morgan fingerprint density at radius 2 is 1.10 bits per heavy atom. The fourth-order valence-corrected chi connectivity index (χ4v) is 2.20. The molecule has 0 spiro atoms. The van der Waals surface area contributed by atoms with E-state index in [0.717, 1.165) is 5.52 Å². The monoisotopic (exact) mass is 257 g/mol. The number of rotatable bonds is 0. The molecule has 0 bridgehead atoms. The molecule has 0 unspecified atom stereocenters. The number of fused-ring (bicyclic) bond motifs is 3. The molecule has 4 rings (SSSR count).